The van der Waals surface area contributed by atoms with Crippen LogP contribution in [0.15, 0.2) is 18.2 Å². The lowest BCUT2D eigenvalue weighted by Gasteiger charge is -2.19. The van der Waals surface area contributed by atoms with Crippen LogP contribution in [0, 0.1) is 11.6 Å². The molecule has 0 unspecified atom stereocenters. The number of likely N-dealkylation sites (N-methyl/N-ethyl adjacent to an activating group) is 1. The van der Waals surface area contributed by atoms with E-state index in [0.29, 0.717) is 36.5 Å². The first kappa shape index (κ1) is 26.3. The van der Waals surface area contributed by atoms with E-state index < -0.39 is 11.6 Å². The van der Waals surface area contributed by atoms with E-state index in [1.165, 1.54) is 19.1 Å². The van der Waals surface area contributed by atoms with Gasteiger partial charge in [0.25, 0.3) is 0 Å². The molecule has 200 valence electrons. The van der Waals surface area contributed by atoms with Crippen LogP contribution in [0.4, 0.5) is 19.7 Å². The van der Waals surface area contributed by atoms with E-state index in [-0.39, 0.29) is 49.4 Å². The summed E-state index contributed by atoms with van der Waals surface area (Å²) in [4.78, 5) is 26.5. The van der Waals surface area contributed by atoms with Crippen molar-refractivity contribution >= 4 is 60.9 Å². The van der Waals surface area contributed by atoms with Crippen molar-refractivity contribution in [3.63, 3.8) is 0 Å². The van der Waals surface area contributed by atoms with Gasteiger partial charge in [-0.3, -0.25) is 4.79 Å². The van der Waals surface area contributed by atoms with Crippen molar-refractivity contribution < 1.29 is 18.3 Å². The number of ether oxygens (including phenoxy) is 1. The molecule has 1 aliphatic rings. The van der Waals surface area contributed by atoms with Gasteiger partial charge in [0.15, 0.2) is 10.9 Å². The number of nitrogens with one attached hydrogen (secondary N) is 2. The highest BCUT2D eigenvalue weighted by atomic mass is 35.5. The number of nitrogens with two attached hydrogens (primary N) is 1. The Bertz CT molecular complexity index is 1530. The number of hydrogen-bond acceptors (Lipinski definition) is 9. The van der Waals surface area contributed by atoms with E-state index in [0.717, 1.165) is 30.7 Å². The van der Waals surface area contributed by atoms with Crippen molar-refractivity contribution in [3.05, 3.63) is 34.9 Å². The van der Waals surface area contributed by atoms with Crippen molar-refractivity contribution in [2.24, 2.45) is 0 Å². The van der Waals surface area contributed by atoms with E-state index >= 15 is 4.39 Å². The highest BCUT2D eigenvalue weighted by Crippen LogP contribution is 2.42. The molecule has 38 heavy (non-hydrogen) atoms. The van der Waals surface area contributed by atoms with Gasteiger partial charge >= 0.3 is 6.01 Å². The van der Waals surface area contributed by atoms with Crippen LogP contribution in [0.1, 0.15) is 19.8 Å². The number of halogens is 3. The Morgan fingerprint density at radius 3 is 2.82 bits per heavy atom. The van der Waals surface area contributed by atoms with Gasteiger partial charge in [0.05, 0.1) is 15.2 Å². The number of carbonyl (C=O) groups excluding carboxylic acids is 1. The first-order valence-electron chi connectivity index (χ1n) is 12.1. The molecule has 13 heteroatoms. The molecule has 1 amide bonds. The molecule has 1 saturated heterocycles. The van der Waals surface area contributed by atoms with Crippen molar-refractivity contribution in [1.29, 1.82) is 0 Å². The zero-order chi connectivity index (χ0) is 27.0. The van der Waals surface area contributed by atoms with Gasteiger partial charge in [0.1, 0.15) is 23.8 Å². The van der Waals surface area contributed by atoms with Crippen molar-refractivity contribution in [2.45, 2.75) is 25.8 Å². The number of hydrogen-bond donors (Lipinski definition) is 3. The van der Waals surface area contributed by atoms with Crippen LogP contribution in [0.25, 0.3) is 32.2 Å². The van der Waals surface area contributed by atoms with Crippen LogP contribution in [-0.2, 0) is 4.79 Å². The predicted molar refractivity (Wildman–Crippen MR) is 146 cm³/mol. The van der Waals surface area contributed by atoms with Crippen molar-refractivity contribution in [2.75, 3.05) is 44.3 Å². The van der Waals surface area contributed by atoms with Crippen LogP contribution in [0.3, 0.4) is 0 Å². The number of likely N-dealkylation sites (tertiary alicyclic amines) is 1. The summed E-state index contributed by atoms with van der Waals surface area (Å²) in [5.41, 5.74) is 6.35. The number of carbonyl (C=O) groups is 1. The number of aromatic nitrogens is 3. The number of nitrogens with zero attached hydrogens (tertiary/aromatic N) is 4. The van der Waals surface area contributed by atoms with Gasteiger partial charge in [-0.1, -0.05) is 22.9 Å². The fourth-order valence-electron chi connectivity index (χ4n) is 4.60. The molecule has 0 aliphatic carbocycles. The smallest absolute Gasteiger partial charge is 0.319 e. The summed E-state index contributed by atoms with van der Waals surface area (Å²) < 4.78 is 36.8. The third-order valence-corrected chi connectivity index (χ3v) is 7.70. The standard InChI is InChI=1S/C25H26ClF2N7O2S/c1-12(36)30-7-8-31-23-15-10-16(26)18(14-5-6-17(27)22-21(14)32-24(29)38-22)19(28)20(15)33-25(34-23)37-11-13-4-3-9-35(13)2/h5-6,10,13H,3-4,7-9,11H2,1-2H3,(H2,29,32)(H,30,36)(H,31,33,34)/t13-/m0/s1. The largest absolute Gasteiger partial charge is 0.462 e. The van der Waals surface area contributed by atoms with E-state index in [9.17, 15) is 9.18 Å². The maximum Gasteiger partial charge on any atom is 0.319 e. The van der Waals surface area contributed by atoms with Crippen LogP contribution in [0.2, 0.25) is 5.02 Å². The van der Waals surface area contributed by atoms with Gasteiger partial charge in [0.2, 0.25) is 5.91 Å². The zero-order valence-electron chi connectivity index (χ0n) is 20.8. The minimum atomic E-state index is -0.720. The second-order valence-electron chi connectivity index (χ2n) is 9.12. The SMILES string of the molecule is CC(=O)NCCNc1nc(OC[C@@H]2CCCN2C)nc2c(F)c(-c3ccc(F)c4sc(N)nc34)c(Cl)cc12. The molecule has 5 rings (SSSR count). The first-order chi connectivity index (χ1) is 18.2. The molecule has 1 fully saturated rings. The minimum Gasteiger partial charge on any atom is -0.462 e. The average molecular weight is 562 g/mol. The fourth-order valence-corrected chi connectivity index (χ4v) is 5.65. The summed E-state index contributed by atoms with van der Waals surface area (Å²) in [5.74, 6) is -1.08. The summed E-state index contributed by atoms with van der Waals surface area (Å²) in [7, 11) is 2.03. The molecule has 3 heterocycles. The second-order valence-corrected chi connectivity index (χ2v) is 10.6. The predicted octanol–water partition coefficient (Wildman–Crippen LogP) is 4.44. The average Bonchev–Trinajstić information content (AvgIpc) is 3.47. The number of benzene rings is 2. The highest BCUT2D eigenvalue weighted by molar-refractivity contribution is 7.22. The van der Waals surface area contributed by atoms with E-state index in [1.807, 2.05) is 7.05 Å². The molecule has 9 nitrogen and oxygen atoms in total. The van der Waals surface area contributed by atoms with Gasteiger partial charge in [-0.25, -0.2) is 13.8 Å². The van der Waals surface area contributed by atoms with Crippen LogP contribution < -0.4 is 21.1 Å². The number of nitrogen functional groups attached to an aromatic ring is 1. The molecule has 0 spiro atoms. The van der Waals surface area contributed by atoms with Crippen molar-refractivity contribution in [3.8, 4) is 17.1 Å². The fraction of sp³-hybridized carbons (Fsp3) is 0.360. The maximum absolute atomic E-state index is 16.2. The van der Waals surface area contributed by atoms with Gasteiger partial charge in [0, 0.05) is 42.6 Å². The lowest BCUT2D eigenvalue weighted by molar-refractivity contribution is -0.118. The third kappa shape index (κ3) is 5.16. The highest BCUT2D eigenvalue weighted by Gasteiger charge is 2.25. The van der Waals surface area contributed by atoms with Gasteiger partial charge in [-0.15, -0.1) is 0 Å². The molecule has 1 atom stereocenters. The number of rotatable bonds is 8. The van der Waals surface area contributed by atoms with Gasteiger partial charge in [-0.05, 0) is 44.6 Å². The summed E-state index contributed by atoms with van der Waals surface area (Å²) >= 11 is 7.58. The summed E-state index contributed by atoms with van der Waals surface area (Å²) in [6.07, 6.45) is 2.06. The Hall–Kier alpha value is -3.35. The van der Waals surface area contributed by atoms with Crippen molar-refractivity contribution in [1.82, 2.24) is 25.2 Å². The molecular weight excluding hydrogens is 536 g/mol. The van der Waals surface area contributed by atoms with Crippen LogP contribution in [-0.4, -0.2) is 65.1 Å². The lowest BCUT2D eigenvalue weighted by Crippen LogP contribution is -2.31. The van der Waals surface area contributed by atoms with Gasteiger partial charge < -0.3 is 26.0 Å². The molecule has 4 N–H and O–H groups in total. The zero-order valence-corrected chi connectivity index (χ0v) is 22.3. The first-order valence-corrected chi connectivity index (χ1v) is 13.3. The molecular formula is C25H26ClF2N7O2S. The monoisotopic (exact) mass is 561 g/mol. The number of amides is 1. The second kappa shape index (κ2) is 10.8. The molecule has 0 radical (unpaired) electrons. The summed E-state index contributed by atoms with van der Waals surface area (Å²) in [6, 6.07) is 4.42. The molecule has 4 aromatic rings. The molecule has 2 aromatic heterocycles. The third-order valence-electron chi connectivity index (χ3n) is 6.51. The Morgan fingerprint density at radius 2 is 2.08 bits per heavy atom. The van der Waals surface area contributed by atoms with Crippen LogP contribution in [0.5, 0.6) is 6.01 Å². The Balaban J connectivity index is 1.60. The van der Waals surface area contributed by atoms with E-state index in [2.05, 4.69) is 30.5 Å². The van der Waals surface area contributed by atoms with E-state index in [4.69, 9.17) is 22.1 Å². The summed E-state index contributed by atoms with van der Waals surface area (Å²) in [5, 5.41) is 6.37. The lowest BCUT2D eigenvalue weighted by atomic mass is 10.0. The van der Waals surface area contributed by atoms with Gasteiger partial charge in [-0.2, -0.15) is 9.97 Å². The molecule has 0 saturated carbocycles. The number of fused-ring (bicyclic) bond motifs is 2. The van der Waals surface area contributed by atoms with E-state index in [1.54, 1.807) is 6.07 Å². The van der Waals surface area contributed by atoms with Crippen LogP contribution >= 0.6 is 22.9 Å². The quantitative estimate of drug-likeness (QED) is 0.270. The molecule has 0 bridgehead atoms. The molecule has 2 aromatic carbocycles. The topological polar surface area (TPSA) is 118 Å². The maximum atomic E-state index is 16.2. The number of anilines is 2. The number of thiazole rings is 1. The Morgan fingerprint density at radius 1 is 1.26 bits per heavy atom. The minimum absolute atomic E-state index is 0.00848. The Labute approximate surface area is 226 Å². The Kier molecular flexibility index (Phi) is 7.46. The molecule has 1 aliphatic heterocycles. The summed E-state index contributed by atoms with van der Waals surface area (Å²) in [6.45, 7) is 3.41. The normalized spacial score (nSPS) is 15.9.